The molecule has 0 bridgehead atoms. The standard InChI is InChI=1S/C21H18ClNO3/c22-15-7-5-14(6-8-15)13-25-17-11-9-16(10-12-17)23-20-18-3-1-2-4-19(18)21(24)26-20/h5-12H,1-4,13H2. The van der Waals surface area contributed by atoms with Crippen molar-refractivity contribution in [3.05, 3.63) is 70.3 Å². The van der Waals surface area contributed by atoms with Gasteiger partial charge in [0.1, 0.15) is 12.4 Å². The highest BCUT2D eigenvalue weighted by atomic mass is 35.5. The van der Waals surface area contributed by atoms with Crippen LogP contribution in [-0.2, 0) is 16.1 Å². The number of benzene rings is 2. The molecule has 5 heteroatoms. The van der Waals surface area contributed by atoms with Gasteiger partial charge in [0.25, 0.3) is 0 Å². The Morgan fingerprint density at radius 1 is 0.962 bits per heavy atom. The molecule has 1 aliphatic heterocycles. The van der Waals surface area contributed by atoms with E-state index < -0.39 is 0 Å². The number of cyclic esters (lactones) is 1. The molecule has 0 radical (unpaired) electrons. The van der Waals surface area contributed by atoms with Crippen LogP contribution in [0.2, 0.25) is 5.02 Å². The molecule has 2 aromatic carbocycles. The normalized spacial score (nSPS) is 18.0. The van der Waals surface area contributed by atoms with Crippen LogP contribution < -0.4 is 4.74 Å². The number of hydrogen-bond acceptors (Lipinski definition) is 4. The molecule has 0 spiro atoms. The molecule has 0 amide bonds. The lowest BCUT2D eigenvalue weighted by atomic mass is 9.93. The van der Waals surface area contributed by atoms with E-state index in [1.54, 1.807) is 0 Å². The van der Waals surface area contributed by atoms with Crippen LogP contribution in [0.15, 0.2) is 64.7 Å². The smallest absolute Gasteiger partial charge is 0.341 e. The molecule has 0 aromatic heterocycles. The lowest BCUT2D eigenvalue weighted by molar-refractivity contribution is -0.130. The molecule has 0 atom stereocenters. The van der Waals surface area contributed by atoms with Gasteiger partial charge in [0.2, 0.25) is 5.90 Å². The van der Waals surface area contributed by atoms with Crippen LogP contribution in [-0.4, -0.2) is 11.9 Å². The summed E-state index contributed by atoms with van der Waals surface area (Å²) >= 11 is 5.88. The monoisotopic (exact) mass is 367 g/mol. The highest BCUT2D eigenvalue weighted by Gasteiger charge is 2.32. The third-order valence-corrected chi connectivity index (χ3v) is 4.80. The molecule has 0 saturated carbocycles. The summed E-state index contributed by atoms with van der Waals surface area (Å²) in [4.78, 5) is 16.4. The van der Waals surface area contributed by atoms with E-state index in [1.807, 2.05) is 48.5 Å². The van der Waals surface area contributed by atoms with Crippen molar-refractivity contribution in [1.82, 2.24) is 0 Å². The molecule has 1 heterocycles. The molecule has 132 valence electrons. The fourth-order valence-corrected chi connectivity index (χ4v) is 3.28. The van der Waals surface area contributed by atoms with Crippen LogP contribution in [0.4, 0.5) is 5.69 Å². The molecule has 26 heavy (non-hydrogen) atoms. The van der Waals surface area contributed by atoms with E-state index in [4.69, 9.17) is 21.1 Å². The number of carbonyl (C=O) groups excluding carboxylic acids is 1. The van der Waals surface area contributed by atoms with Crippen molar-refractivity contribution in [2.45, 2.75) is 32.3 Å². The fourth-order valence-electron chi connectivity index (χ4n) is 3.15. The van der Waals surface area contributed by atoms with Crippen molar-refractivity contribution < 1.29 is 14.3 Å². The molecule has 0 unspecified atom stereocenters. The van der Waals surface area contributed by atoms with E-state index in [0.29, 0.717) is 17.5 Å². The topological polar surface area (TPSA) is 47.9 Å². The van der Waals surface area contributed by atoms with Crippen LogP contribution in [0.3, 0.4) is 0 Å². The molecule has 0 N–H and O–H groups in total. The number of ether oxygens (including phenoxy) is 2. The van der Waals surface area contributed by atoms with Gasteiger partial charge in [0.15, 0.2) is 0 Å². The minimum absolute atomic E-state index is 0.235. The van der Waals surface area contributed by atoms with E-state index in [1.165, 1.54) is 0 Å². The van der Waals surface area contributed by atoms with Crippen LogP contribution in [0.5, 0.6) is 5.75 Å². The van der Waals surface area contributed by atoms with Crippen molar-refractivity contribution in [3.8, 4) is 5.75 Å². The molecule has 4 rings (SSSR count). The highest BCUT2D eigenvalue weighted by molar-refractivity contribution is 6.30. The van der Waals surface area contributed by atoms with E-state index >= 15 is 0 Å². The minimum Gasteiger partial charge on any atom is -0.489 e. The van der Waals surface area contributed by atoms with Crippen molar-refractivity contribution in [3.63, 3.8) is 0 Å². The summed E-state index contributed by atoms with van der Waals surface area (Å²) in [6, 6.07) is 15.0. The average molecular weight is 368 g/mol. The molecule has 0 saturated heterocycles. The summed E-state index contributed by atoms with van der Waals surface area (Å²) in [7, 11) is 0. The molecule has 2 aliphatic rings. The van der Waals surface area contributed by atoms with Crippen LogP contribution in [0.1, 0.15) is 31.2 Å². The maximum atomic E-state index is 11.9. The van der Waals surface area contributed by atoms with Gasteiger partial charge in [-0.2, -0.15) is 0 Å². The van der Waals surface area contributed by atoms with E-state index in [-0.39, 0.29) is 5.97 Å². The first-order valence-electron chi connectivity index (χ1n) is 8.69. The Kier molecular flexibility index (Phi) is 4.76. The van der Waals surface area contributed by atoms with E-state index in [9.17, 15) is 4.79 Å². The summed E-state index contributed by atoms with van der Waals surface area (Å²) in [6.45, 7) is 0.471. The Balaban J connectivity index is 1.44. The Bertz CT molecular complexity index is 882. The number of halogens is 1. The molecule has 0 fully saturated rings. The number of carbonyl (C=O) groups is 1. The van der Waals surface area contributed by atoms with Gasteiger partial charge in [-0.05, 0) is 67.6 Å². The predicted octanol–water partition coefficient (Wildman–Crippen LogP) is 5.38. The lowest BCUT2D eigenvalue weighted by Gasteiger charge is -2.09. The molecular weight excluding hydrogens is 350 g/mol. The first kappa shape index (κ1) is 16.9. The minimum atomic E-state index is -0.235. The van der Waals surface area contributed by atoms with Crippen LogP contribution in [0.25, 0.3) is 0 Å². The second kappa shape index (κ2) is 7.34. The van der Waals surface area contributed by atoms with Crippen LogP contribution in [0, 0.1) is 0 Å². The van der Waals surface area contributed by atoms with Gasteiger partial charge >= 0.3 is 5.97 Å². The first-order valence-corrected chi connectivity index (χ1v) is 9.07. The maximum absolute atomic E-state index is 11.9. The Labute approximate surface area is 157 Å². The number of rotatable bonds is 4. The second-order valence-electron chi connectivity index (χ2n) is 6.38. The van der Waals surface area contributed by atoms with Crippen molar-refractivity contribution >= 4 is 29.2 Å². The zero-order valence-corrected chi connectivity index (χ0v) is 15.0. The molecule has 4 nitrogen and oxygen atoms in total. The van der Waals surface area contributed by atoms with E-state index in [0.717, 1.165) is 53.8 Å². The summed E-state index contributed by atoms with van der Waals surface area (Å²) < 4.78 is 11.1. The number of aliphatic imine (C=N–C) groups is 1. The number of nitrogens with zero attached hydrogens (tertiary/aromatic N) is 1. The molecular formula is C21H18ClNO3. The summed E-state index contributed by atoms with van der Waals surface area (Å²) in [6.07, 6.45) is 3.78. The van der Waals surface area contributed by atoms with Gasteiger partial charge in [-0.15, -0.1) is 0 Å². The van der Waals surface area contributed by atoms with Gasteiger partial charge in [-0.3, -0.25) is 0 Å². The lowest BCUT2D eigenvalue weighted by Crippen LogP contribution is -2.02. The van der Waals surface area contributed by atoms with Gasteiger partial charge < -0.3 is 9.47 Å². The molecule has 2 aromatic rings. The summed E-state index contributed by atoms with van der Waals surface area (Å²) in [5, 5.41) is 0.709. The third-order valence-electron chi connectivity index (χ3n) is 4.55. The third kappa shape index (κ3) is 3.65. The summed E-state index contributed by atoms with van der Waals surface area (Å²) in [5.74, 6) is 0.978. The zero-order valence-electron chi connectivity index (χ0n) is 14.2. The van der Waals surface area contributed by atoms with Gasteiger partial charge in [-0.1, -0.05) is 23.7 Å². The van der Waals surface area contributed by atoms with Gasteiger partial charge in [0.05, 0.1) is 5.69 Å². The SMILES string of the molecule is O=C1OC(=Nc2ccc(OCc3ccc(Cl)cc3)cc2)C2=C1CCCC2. The van der Waals surface area contributed by atoms with Crippen molar-refractivity contribution in [2.75, 3.05) is 0 Å². The Morgan fingerprint density at radius 2 is 1.65 bits per heavy atom. The zero-order chi connectivity index (χ0) is 17.9. The fraction of sp³-hybridized carbons (Fsp3) is 0.238. The quantitative estimate of drug-likeness (QED) is 0.682. The van der Waals surface area contributed by atoms with Crippen molar-refractivity contribution in [2.24, 2.45) is 4.99 Å². The first-order chi connectivity index (χ1) is 12.7. The Hall–Kier alpha value is -2.59. The Morgan fingerprint density at radius 3 is 2.38 bits per heavy atom. The number of esters is 1. The second-order valence-corrected chi connectivity index (χ2v) is 6.82. The van der Waals surface area contributed by atoms with Gasteiger partial charge in [-0.25, -0.2) is 9.79 Å². The maximum Gasteiger partial charge on any atom is 0.341 e. The van der Waals surface area contributed by atoms with Crippen LogP contribution >= 0.6 is 11.6 Å². The van der Waals surface area contributed by atoms with E-state index in [2.05, 4.69) is 4.99 Å². The predicted molar refractivity (Wildman–Crippen MR) is 101 cm³/mol. The van der Waals surface area contributed by atoms with Gasteiger partial charge in [0, 0.05) is 16.2 Å². The largest absolute Gasteiger partial charge is 0.489 e. The molecule has 1 aliphatic carbocycles. The average Bonchev–Trinajstić information content (AvgIpc) is 2.98. The summed E-state index contributed by atoms with van der Waals surface area (Å²) in [5.41, 5.74) is 3.57. The highest BCUT2D eigenvalue weighted by Crippen LogP contribution is 2.33. The van der Waals surface area contributed by atoms with Crippen molar-refractivity contribution in [1.29, 1.82) is 0 Å². The number of hydrogen-bond donors (Lipinski definition) is 0.